The Bertz CT molecular complexity index is 1040. The molecule has 0 bridgehead atoms. The summed E-state index contributed by atoms with van der Waals surface area (Å²) in [5.74, 6) is 0. The first-order chi connectivity index (χ1) is 10.6. The van der Waals surface area contributed by atoms with Crippen LogP contribution in [-0.4, -0.2) is 4.68 Å². The lowest BCUT2D eigenvalue weighted by Gasteiger charge is -2.04. The predicted molar refractivity (Wildman–Crippen MR) is 84.6 cm³/mol. The second-order valence-electron chi connectivity index (χ2n) is 5.73. The highest BCUT2D eigenvalue weighted by molar-refractivity contribution is 5.95. The largest absolute Gasteiger partial charge is 0.239 e. The van der Waals surface area contributed by atoms with Gasteiger partial charge in [-0.2, -0.15) is 0 Å². The molecule has 0 amide bonds. The van der Waals surface area contributed by atoms with Crippen LogP contribution in [0.3, 0.4) is 0 Å². The third kappa shape index (κ3) is 1.52. The van der Waals surface area contributed by atoms with Crippen LogP contribution in [0.2, 0.25) is 0 Å². The minimum absolute atomic E-state index is 0.517. The summed E-state index contributed by atoms with van der Waals surface area (Å²) in [5.41, 5.74) is 6.89. The lowest BCUT2D eigenvalue weighted by molar-refractivity contribution is -0.749. The van der Waals surface area contributed by atoms with Gasteiger partial charge in [0.1, 0.15) is 11.2 Å². The zero-order chi connectivity index (χ0) is 15.4. The third-order valence-electron chi connectivity index (χ3n) is 4.37. The first-order valence-electron chi connectivity index (χ1n) is 7.07. The lowest BCUT2D eigenvalue weighted by atomic mass is 10.0. The van der Waals surface area contributed by atoms with Crippen LogP contribution >= 0.6 is 0 Å². The Balaban J connectivity index is 2.11. The highest BCUT2D eigenvalue weighted by atomic mass is 15.4. The monoisotopic (exact) mass is 285 g/mol. The van der Waals surface area contributed by atoms with Crippen molar-refractivity contribution >= 4 is 22.3 Å². The van der Waals surface area contributed by atoms with Crippen LogP contribution < -0.4 is 4.68 Å². The number of nitrogens with zero attached hydrogens (tertiary/aromatic N) is 4. The van der Waals surface area contributed by atoms with Gasteiger partial charge in [-0.25, -0.2) is 9.69 Å². The van der Waals surface area contributed by atoms with Gasteiger partial charge >= 0.3 is 0 Å². The molecule has 1 aliphatic rings. The van der Waals surface area contributed by atoms with Gasteiger partial charge in [-0.1, -0.05) is 0 Å². The molecule has 4 heteroatoms. The second-order valence-corrected chi connectivity index (χ2v) is 5.73. The molecule has 0 unspecified atom stereocenters. The Labute approximate surface area is 128 Å². The zero-order valence-corrected chi connectivity index (χ0v) is 12.4. The first-order valence-corrected chi connectivity index (χ1v) is 7.07. The Morgan fingerprint density at radius 1 is 1.05 bits per heavy atom. The fourth-order valence-corrected chi connectivity index (χ4v) is 3.19. The van der Waals surface area contributed by atoms with E-state index in [1.54, 1.807) is 6.07 Å². The summed E-state index contributed by atoms with van der Waals surface area (Å²) in [6, 6.07) is 7.94. The van der Waals surface area contributed by atoms with Gasteiger partial charge in [-0.15, -0.1) is 9.36 Å². The summed E-state index contributed by atoms with van der Waals surface area (Å²) >= 11 is 0. The minimum atomic E-state index is 0.517. The molecule has 0 atom stereocenters. The van der Waals surface area contributed by atoms with E-state index in [0.29, 0.717) is 11.4 Å². The topological polar surface area (TPSA) is 17.5 Å². The highest BCUT2D eigenvalue weighted by Crippen LogP contribution is 2.35. The summed E-state index contributed by atoms with van der Waals surface area (Å²) in [5, 5.41) is 0.948. The summed E-state index contributed by atoms with van der Waals surface area (Å²) in [4.78, 5) is 7.11. The van der Waals surface area contributed by atoms with E-state index in [4.69, 9.17) is 13.1 Å². The summed E-state index contributed by atoms with van der Waals surface area (Å²) in [6.07, 6.45) is 2.03. The number of hydrogen-bond acceptors (Lipinski definition) is 0. The van der Waals surface area contributed by atoms with Gasteiger partial charge in [-0.3, -0.25) is 0 Å². The number of rotatable bonds is 0. The second kappa shape index (κ2) is 4.19. The van der Waals surface area contributed by atoms with E-state index >= 15 is 0 Å². The molecule has 4 rings (SSSR count). The highest BCUT2D eigenvalue weighted by Gasteiger charge is 2.30. The molecule has 0 fully saturated rings. The van der Waals surface area contributed by atoms with Crippen LogP contribution in [0.4, 0.5) is 11.4 Å². The van der Waals surface area contributed by atoms with Gasteiger partial charge in [-0.05, 0) is 49.2 Å². The van der Waals surface area contributed by atoms with Crippen molar-refractivity contribution in [3.8, 4) is 5.69 Å². The van der Waals surface area contributed by atoms with E-state index in [2.05, 4.69) is 45.0 Å². The Morgan fingerprint density at radius 2 is 1.82 bits per heavy atom. The summed E-state index contributed by atoms with van der Waals surface area (Å²) < 4.78 is 4.23. The SMILES string of the molecule is [C-]#[N+]c1cc([N+]#[C-])c2c(c1)c[n+]1n2-c2cc(C)c(C)cc2C1. The maximum absolute atomic E-state index is 7.46. The maximum atomic E-state index is 7.46. The van der Waals surface area contributed by atoms with E-state index in [1.165, 1.54) is 16.7 Å². The molecule has 4 nitrogen and oxygen atoms in total. The molecule has 0 radical (unpaired) electrons. The van der Waals surface area contributed by atoms with Crippen LogP contribution in [0, 0.1) is 27.0 Å². The summed E-state index contributed by atoms with van der Waals surface area (Å²) in [6.45, 7) is 19.7. The van der Waals surface area contributed by atoms with E-state index in [1.807, 2.05) is 12.3 Å². The molecule has 1 aromatic heterocycles. The van der Waals surface area contributed by atoms with Crippen LogP contribution in [0.15, 0.2) is 30.5 Å². The smallest absolute Gasteiger partial charge is 0.207 e. The van der Waals surface area contributed by atoms with E-state index in [9.17, 15) is 0 Å². The molecule has 0 aliphatic carbocycles. The molecule has 104 valence electrons. The molecule has 2 heterocycles. The Morgan fingerprint density at radius 3 is 2.55 bits per heavy atom. The predicted octanol–water partition coefficient (Wildman–Crippen LogP) is 4.00. The van der Waals surface area contributed by atoms with Gasteiger partial charge < -0.3 is 0 Å². The molecule has 2 aromatic carbocycles. The van der Waals surface area contributed by atoms with Gasteiger partial charge in [0, 0.05) is 10.9 Å². The standard InChI is InChI=1S/C18H13N4/c1-11-5-13-9-21-10-14-7-15(19-3)8-16(20-4)18(14)22(21)17(13)6-12(11)2/h5-8,10H,9H2,1-2H3/q+1. The van der Waals surface area contributed by atoms with Crippen LogP contribution in [0.25, 0.3) is 26.3 Å². The molecular weight excluding hydrogens is 272 g/mol. The van der Waals surface area contributed by atoms with Crippen LogP contribution in [-0.2, 0) is 6.54 Å². The van der Waals surface area contributed by atoms with Gasteiger partial charge in [0.05, 0.1) is 13.1 Å². The molecule has 3 aromatic rings. The summed E-state index contributed by atoms with van der Waals surface area (Å²) in [7, 11) is 0. The zero-order valence-electron chi connectivity index (χ0n) is 12.4. The number of fused-ring (bicyclic) bond motifs is 5. The normalized spacial score (nSPS) is 11.8. The van der Waals surface area contributed by atoms with Crippen molar-refractivity contribution < 1.29 is 4.68 Å². The van der Waals surface area contributed by atoms with Crippen molar-refractivity contribution in [1.82, 2.24) is 4.68 Å². The van der Waals surface area contributed by atoms with E-state index in [-0.39, 0.29) is 0 Å². The van der Waals surface area contributed by atoms with E-state index < -0.39 is 0 Å². The van der Waals surface area contributed by atoms with Crippen molar-refractivity contribution in [2.45, 2.75) is 20.4 Å². The first kappa shape index (κ1) is 12.6. The minimum Gasteiger partial charge on any atom is -0.239 e. The quantitative estimate of drug-likeness (QED) is 0.343. The number of hydrogen-bond donors (Lipinski definition) is 0. The van der Waals surface area contributed by atoms with Crippen molar-refractivity contribution in [2.75, 3.05) is 0 Å². The molecule has 0 N–H and O–H groups in total. The van der Waals surface area contributed by atoms with E-state index in [0.717, 1.165) is 23.1 Å². The van der Waals surface area contributed by atoms with Gasteiger partial charge in [0.25, 0.3) is 0 Å². The Kier molecular flexibility index (Phi) is 2.40. The molecular formula is C18H13N4+. The molecule has 0 saturated heterocycles. The number of aromatic nitrogens is 2. The fraction of sp³-hybridized carbons (Fsp3) is 0.167. The number of aryl methyl sites for hydroxylation is 2. The van der Waals surface area contributed by atoms with Crippen LogP contribution in [0.5, 0.6) is 0 Å². The van der Waals surface area contributed by atoms with Crippen molar-refractivity contribution in [1.29, 1.82) is 0 Å². The van der Waals surface area contributed by atoms with Crippen LogP contribution in [0.1, 0.15) is 16.7 Å². The molecule has 22 heavy (non-hydrogen) atoms. The van der Waals surface area contributed by atoms with Gasteiger partial charge in [0.15, 0.2) is 12.2 Å². The van der Waals surface area contributed by atoms with Crippen molar-refractivity contribution in [3.63, 3.8) is 0 Å². The molecule has 1 aliphatic heterocycles. The molecule has 0 saturated carbocycles. The third-order valence-corrected chi connectivity index (χ3v) is 4.37. The average Bonchev–Trinajstić information content (AvgIpc) is 3.02. The average molecular weight is 285 g/mol. The lowest BCUT2D eigenvalue weighted by Crippen LogP contribution is -2.36. The van der Waals surface area contributed by atoms with Crippen molar-refractivity contribution in [2.24, 2.45) is 0 Å². The fourth-order valence-electron chi connectivity index (χ4n) is 3.19. The number of benzene rings is 2. The maximum Gasteiger partial charge on any atom is 0.207 e. The molecule has 0 spiro atoms. The van der Waals surface area contributed by atoms with Crippen molar-refractivity contribution in [3.05, 3.63) is 70.0 Å². The van der Waals surface area contributed by atoms with Gasteiger partial charge in [0.2, 0.25) is 11.9 Å². The Hall–Kier alpha value is -3.11.